The molecule has 2 fully saturated rings. The number of rotatable bonds is 8. The Morgan fingerprint density at radius 2 is 2.00 bits per heavy atom. The number of carboxylic acids is 1. The fourth-order valence-electron chi connectivity index (χ4n) is 6.02. The van der Waals surface area contributed by atoms with Crippen molar-refractivity contribution in [2.75, 3.05) is 19.8 Å². The summed E-state index contributed by atoms with van der Waals surface area (Å²) < 4.78 is 31.2. The van der Waals surface area contributed by atoms with E-state index in [1.807, 2.05) is 22.8 Å². The minimum absolute atomic E-state index is 0.0436. The van der Waals surface area contributed by atoms with Crippen LogP contribution in [0.1, 0.15) is 72.2 Å². The van der Waals surface area contributed by atoms with Gasteiger partial charge in [0, 0.05) is 23.7 Å². The summed E-state index contributed by atoms with van der Waals surface area (Å²) in [5.41, 5.74) is 3.17. The summed E-state index contributed by atoms with van der Waals surface area (Å²) >= 11 is 6.02. The average molecular weight is 589 g/mol. The molecule has 8 nitrogen and oxygen atoms in total. The molecule has 1 N–H and O–H groups in total. The molecule has 2 aliphatic heterocycles. The van der Waals surface area contributed by atoms with Gasteiger partial charge in [-0.15, -0.1) is 0 Å². The third-order valence-corrected chi connectivity index (χ3v) is 8.92. The van der Waals surface area contributed by atoms with Crippen molar-refractivity contribution in [1.82, 2.24) is 24.4 Å². The number of imidazole rings is 1. The van der Waals surface area contributed by atoms with Crippen molar-refractivity contribution >= 4 is 34.8 Å². The van der Waals surface area contributed by atoms with Gasteiger partial charge in [0.05, 0.1) is 25.3 Å². The SMILES string of the molecule is [2H][C@]1(c2ccc(Cl)cn2)C=Cc2cccc(C3CCN(Cc4nc5ccc(C(=O)O)nc5n4CC4(CF)CC4)CC3)c2O1. The third-order valence-electron chi connectivity index (χ3n) is 8.70. The number of likely N-dealkylation sites (tertiary alicyclic amines) is 1. The van der Waals surface area contributed by atoms with Crippen molar-refractivity contribution in [2.24, 2.45) is 5.41 Å². The Kier molecular flexibility index (Phi) is 6.64. The number of carboxylic acid groups (broad SMARTS) is 1. The lowest BCUT2D eigenvalue weighted by atomic mass is 9.87. The molecule has 3 aliphatic rings. The molecule has 1 saturated heterocycles. The highest BCUT2D eigenvalue weighted by Crippen LogP contribution is 2.48. The molecule has 7 rings (SSSR count). The van der Waals surface area contributed by atoms with Crippen LogP contribution in [0.5, 0.6) is 5.75 Å². The van der Waals surface area contributed by atoms with Crippen LogP contribution in [0.15, 0.2) is 54.7 Å². The largest absolute Gasteiger partial charge is 0.479 e. The van der Waals surface area contributed by atoms with Crippen LogP contribution in [0.3, 0.4) is 0 Å². The second kappa shape index (κ2) is 10.8. The summed E-state index contributed by atoms with van der Waals surface area (Å²) in [6.07, 6.45) is 7.12. The van der Waals surface area contributed by atoms with Crippen LogP contribution in [0, 0.1) is 5.41 Å². The van der Waals surface area contributed by atoms with Gasteiger partial charge in [-0.2, -0.15) is 0 Å². The van der Waals surface area contributed by atoms with Gasteiger partial charge in [0.1, 0.15) is 17.1 Å². The van der Waals surface area contributed by atoms with Crippen LogP contribution in [0.2, 0.25) is 5.02 Å². The van der Waals surface area contributed by atoms with Crippen molar-refractivity contribution in [2.45, 2.75) is 50.8 Å². The monoisotopic (exact) mass is 588 g/mol. The lowest BCUT2D eigenvalue weighted by molar-refractivity contribution is 0.0691. The number of hydrogen-bond acceptors (Lipinski definition) is 6. The lowest BCUT2D eigenvalue weighted by Gasteiger charge is -2.34. The molecular weight excluding hydrogens is 557 g/mol. The number of aromatic carboxylic acids is 1. The molecular formula is C32H31ClFN5O3. The van der Waals surface area contributed by atoms with E-state index in [0.29, 0.717) is 35.0 Å². The first kappa shape index (κ1) is 25.9. The molecule has 0 radical (unpaired) electrons. The topological polar surface area (TPSA) is 93.4 Å². The zero-order chi connectivity index (χ0) is 29.8. The van der Waals surface area contributed by atoms with Gasteiger partial charge in [-0.05, 0) is 80.6 Å². The molecule has 10 heteroatoms. The van der Waals surface area contributed by atoms with Crippen LogP contribution < -0.4 is 4.74 Å². The van der Waals surface area contributed by atoms with Gasteiger partial charge in [-0.1, -0.05) is 35.9 Å². The van der Waals surface area contributed by atoms with Crippen molar-refractivity contribution < 1.29 is 20.4 Å². The summed E-state index contributed by atoms with van der Waals surface area (Å²) in [4.78, 5) is 27.5. The number of para-hydroxylation sites is 1. The van der Waals surface area contributed by atoms with Crippen LogP contribution >= 0.6 is 11.6 Å². The Bertz CT molecular complexity index is 1730. The molecule has 42 heavy (non-hydrogen) atoms. The Hall–Kier alpha value is -3.82. The normalized spacial score (nSPS) is 22.0. The quantitative estimate of drug-likeness (QED) is 0.253. The summed E-state index contributed by atoms with van der Waals surface area (Å²) in [6.45, 7) is 2.24. The summed E-state index contributed by atoms with van der Waals surface area (Å²) in [6, 6.07) is 12.7. The predicted molar refractivity (Wildman–Crippen MR) is 157 cm³/mol. The minimum Gasteiger partial charge on any atom is -0.479 e. The van der Waals surface area contributed by atoms with E-state index in [4.69, 9.17) is 22.7 Å². The van der Waals surface area contributed by atoms with E-state index in [1.165, 1.54) is 12.3 Å². The molecule has 0 unspecified atom stereocenters. The molecule has 4 aromatic rings. The van der Waals surface area contributed by atoms with Crippen LogP contribution in [0.25, 0.3) is 17.2 Å². The molecule has 1 aromatic carbocycles. The number of nitrogens with zero attached hydrogens (tertiary/aromatic N) is 5. The maximum Gasteiger partial charge on any atom is 0.354 e. The molecule has 0 bridgehead atoms. The van der Waals surface area contributed by atoms with Crippen molar-refractivity contribution in [3.8, 4) is 5.75 Å². The van der Waals surface area contributed by atoms with Gasteiger partial charge < -0.3 is 14.4 Å². The smallest absolute Gasteiger partial charge is 0.354 e. The second-order valence-electron chi connectivity index (χ2n) is 11.6. The number of alkyl halides is 1. The third kappa shape index (κ3) is 5.16. The number of fused-ring (bicyclic) bond motifs is 2. The van der Waals surface area contributed by atoms with E-state index in [1.54, 1.807) is 24.3 Å². The fourth-order valence-corrected chi connectivity index (χ4v) is 6.13. The van der Waals surface area contributed by atoms with Crippen molar-refractivity contribution in [3.63, 3.8) is 0 Å². The van der Waals surface area contributed by atoms with Crippen LogP contribution in [-0.2, 0) is 13.1 Å². The van der Waals surface area contributed by atoms with E-state index in [9.17, 15) is 14.3 Å². The molecule has 1 atom stereocenters. The Labute approximate surface area is 249 Å². The van der Waals surface area contributed by atoms with Crippen molar-refractivity contribution in [1.29, 1.82) is 0 Å². The second-order valence-corrected chi connectivity index (χ2v) is 12.0. The van der Waals surface area contributed by atoms with Crippen LogP contribution in [-0.4, -0.2) is 55.3 Å². The molecule has 1 saturated carbocycles. The van der Waals surface area contributed by atoms with E-state index >= 15 is 0 Å². The van der Waals surface area contributed by atoms with E-state index in [0.717, 1.165) is 61.5 Å². The van der Waals surface area contributed by atoms with Gasteiger partial charge in [0.2, 0.25) is 0 Å². The average Bonchev–Trinajstić information content (AvgIpc) is 3.72. The molecule has 216 valence electrons. The zero-order valence-electron chi connectivity index (χ0n) is 24.0. The molecule has 1 aliphatic carbocycles. The highest BCUT2D eigenvalue weighted by Gasteiger charge is 2.44. The number of carbonyl (C=O) groups is 1. The first-order chi connectivity index (χ1) is 20.8. The summed E-state index contributed by atoms with van der Waals surface area (Å²) in [7, 11) is 0. The summed E-state index contributed by atoms with van der Waals surface area (Å²) in [5, 5.41) is 10.00. The van der Waals surface area contributed by atoms with Gasteiger partial charge in [0.15, 0.2) is 17.4 Å². The van der Waals surface area contributed by atoms with Gasteiger partial charge in [0.25, 0.3) is 0 Å². The van der Waals surface area contributed by atoms with E-state index < -0.39 is 24.1 Å². The number of hydrogen-bond donors (Lipinski definition) is 1. The first-order valence-electron chi connectivity index (χ1n) is 14.8. The fraction of sp³-hybridized carbons (Fsp3) is 0.375. The molecule has 3 aromatic heterocycles. The standard InChI is InChI=1S/C32H31ClFN5O3/c33-22-5-6-24(35-16-22)27-9-4-21-2-1-3-23(29(21)42-27)20-10-14-38(15-11-20)17-28-36-25-7-8-26(31(40)41)37-30(25)39(28)19-32(18-34)12-13-32/h1-9,16,20,27H,10-15,17-19H2,(H,40,41)/t27-/m1/s1/i27D. The Balaban J connectivity index is 1.10. The zero-order valence-corrected chi connectivity index (χ0v) is 23.7. The molecule has 0 spiro atoms. The van der Waals surface area contributed by atoms with Gasteiger partial charge >= 0.3 is 5.97 Å². The number of ether oxygens (including phenoxy) is 1. The van der Waals surface area contributed by atoms with E-state index in [-0.39, 0.29) is 11.6 Å². The van der Waals surface area contributed by atoms with Crippen LogP contribution in [0.4, 0.5) is 4.39 Å². The van der Waals surface area contributed by atoms with Gasteiger partial charge in [-0.25, -0.2) is 14.8 Å². The Morgan fingerprint density at radius 3 is 2.71 bits per heavy atom. The highest BCUT2D eigenvalue weighted by atomic mass is 35.5. The highest BCUT2D eigenvalue weighted by molar-refractivity contribution is 6.30. The molecule has 0 amide bonds. The number of pyridine rings is 2. The van der Waals surface area contributed by atoms with Gasteiger partial charge in [-0.3, -0.25) is 14.3 Å². The number of benzene rings is 1. The maximum atomic E-state index is 13.9. The summed E-state index contributed by atoms with van der Waals surface area (Å²) in [5.74, 6) is 0.654. The number of piperidine rings is 1. The number of aromatic nitrogens is 4. The number of halogens is 2. The minimum atomic E-state index is -1.44. The predicted octanol–water partition coefficient (Wildman–Crippen LogP) is 6.45. The van der Waals surface area contributed by atoms with E-state index in [2.05, 4.69) is 20.9 Å². The lowest BCUT2D eigenvalue weighted by Crippen LogP contribution is -2.34. The first-order valence-corrected chi connectivity index (χ1v) is 14.6. The van der Waals surface area contributed by atoms with Crippen molar-refractivity contribution in [3.05, 3.63) is 88.1 Å². The molecule has 5 heterocycles. The maximum absolute atomic E-state index is 13.9. The Morgan fingerprint density at radius 1 is 1.17 bits per heavy atom.